The zero-order valence-electron chi connectivity index (χ0n) is 8.98. The van der Waals surface area contributed by atoms with E-state index in [9.17, 15) is 0 Å². The summed E-state index contributed by atoms with van der Waals surface area (Å²) < 4.78 is 2.01. The Morgan fingerprint density at radius 3 is 2.79 bits per heavy atom. The van der Waals surface area contributed by atoms with Crippen molar-refractivity contribution >= 4 is 5.95 Å². The van der Waals surface area contributed by atoms with Gasteiger partial charge in [-0.25, -0.2) is 4.98 Å². The van der Waals surface area contributed by atoms with Crippen LogP contribution in [0.25, 0.3) is 0 Å². The maximum atomic E-state index is 8.63. The lowest BCUT2D eigenvalue weighted by Crippen LogP contribution is -2.21. The summed E-state index contributed by atoms with van der Waals surface area (Å²) >= 11 is 0. The molecular weight excluding hydrogens is 178 g/mol. The van der Waals surface area contributed by atoms with Crippen LogP contribution in [-0.4, -0.2) is 34.9 Å². The van der Waals surface area contributed by atoms with Gasteiger partial charge in [-0.3, -0.25) is 0 Å². The third-order valence-electron chi connectivity index (χ3n) is 2.29. The van der Waals surface area contributed by atoms with E-state index >= 15 is 0 Å². The molecule has 1 aromatic heterocycles. The number of hydrogen-bond acceptors (Lipinski definition) is 3. The van der Waals surface area contributed by atoms with Crippen LogP contribution < -0.4 is 4.90 Å². The molecule has 4 nitrogen and oxygen atoms in total. The van der Waals surface area contributed by atoms with E-state index in [-0.39, 0.29) is 0 Å². The standard InChI is InChI=1S/C10H19N3O/c1-12(7-4-3-5-9-14)10-11-6-8-13(10)2/h6,8,14H,3-5,7,9H2,1-2H3. The van der Waals surface area contributed by atoms with Crippen LogP contribution in [0.1, 0.15) is 19.3 Å². The minimum absolute atomic E-state index is 0.298. The largest absolute Gasteiger partial charge is 0.396 e. The monoisotopic (exact) mass is 197 g/mol. The number of imidazole rings is 1. The SMILES string of the molecule is CN(CCCCCO)c1nccn1C. The second-order valence-electron chi connectivity index (χ2n) is 3.54. The first-order chi connectivity index (χ1) is 6.75. The topological polar surface area (TPSA) is 41.3 Å². The van der Waals surface area contributed by atoms with Crippen LogP contribution in [0.3, 0.4) is 0 Å². The van der Waals surface area contributed by atoms with Gasteiger partial charge in [0.15, 0.2) is 0 Å². The van der Waals surface area contributed by atoms with E-state index in [1.54, 1.807) is 6.20 Å². The molecule has 14 heavy (non-hydrogen) atoms. The minimum Gasteiger partial charge on any atom is -0.396 e. The summed E-state index contributed by atoms with van der Waals surface area (Å²) in [7, 11) is 4.04. The van der Waals surface area contributed by atoms with Gasteiger partial charge >= 0.3 is 0 Å². The van der Waals surface area contributed by atoms with Crippen molar-refractivity contribution in [3.05, 3.63) is 12.4 Å². The Bertz CT molecular complexity index is 260. The number of anilines is 1. The molecule has 0 aromatic carbocycles. The third kappa shape index (κ3) is 3.03. The van der Waals surface area contributed by atoms with Gasteiger partial charge in [0.1, 0.15) is 0 Å². The molecule has 0 saturated heterocycles. The molecule has 1 aromatic rings. The summed E-state index contributed by atoms with van der Waals surface area (Å²) in [5, 5.41) is 8.63. The molecule has 0 atom stereocenters. The highest BCUT2D eigenvalue weighted by atomic mass is 16.2. The summed E-state index contributed by atoms with van der Waals surface area (Å²) in [5.41, 5.74) is 0. The Labute approximate surface area is 85.2 Å². The Balaban J connectivity index is 2.28. The second kappa shape index (κ2) is 5.65. The van der Waals surface area contributed by atoms with E-state index < -0.39 is 0 Å². The molecule has 1 N–H and O–H groups in total. The van der Waals surface area contributed by atoms with E-state index in [2.05, 4.69) is 9.88 Å². The number of rotatable bonds is 6. The average molecular weight is 197 g/mol. The lowest BCUT2D eigenvalue weighted by molar-refractivity contribution is 0.283. The number of unbranched alkanes of at least 4 members (excludes halogenated alkanes) is 2. The van der Waals surface area contributed by atoms with Crippen LogP contribution in [0.5, 0.6) is 0 Å². The quantitative estimate of drug-likeness (QED) is 0.692. The number of hydrogen-bond donors (Lipinski definition) is 1. The third-order valence-corrected chi connectivity index (χ3v) is 2.29. The molecule has 0 aliphatic heterocycles. The van der Waals surface area contributed by atoms with Crippen molar-refractivity contribution in [1.82, 2.24) is 9.55 Å². The van der Waals surface area contributed by atoms with Crippen molar-refractivity contribution in [2.45, 2.75) is 19.3 Å². The fourth-order valence-corrected chi connectivity index (χ4v) is 1.46. The van der Waals surface area contributed by atoms with E-state index in [1.807, 2.05) is 24.9 Å². The molecule has 0 unspecified atom stereocenters. The van der Waals surface area contributed by atoms with Crippen molar-refractivity contribution in [2.75, 3.05) is 25.1 Å². The smallest absolute Gasteiger partial charge is 0.204 e. The molecule has 0 spiro atoms. The first-order valence-corrected chi connectivity index (χ1v) is 5.05. The molecule has 0 bridgehead atoms. The highest BCUT2D eigenvalue weighted by Gasteiger charge is 2.04. The molecule has 0 fully saturated rings. The van der Waals surface area contributed by atoms with E-state index in [0.29, 0.717) is 6.61 Å². The molecule has 1 rings (SSSR count). The lowest BCUT2D eigenvalue weighted by Gasteiger charge is -2.17. The molecule has 0 aliphatic carbocycles. The minimum atomic E-state index is 0.298. The van der Waals surface area contributed by atoms with Gasteiger partial charge in [0.05, 0.1) is 0 Å². The van der Waals surface area contributed by atoms with Gasteiger partial charge in [-0.05, 0) is 19.3 Å². The summed E-state index contributed by atoms with van der Waals surface area (Å²) in [6.45, 7) is 1.29. The number of aromatic nitrogens is 2. The van der Waals surface area contributed by atoms with Crippen LogP contribution in [0.2, 0.25) is 0 Å². The molecule has 80 valence electrons. The number of nitrogens with zero attached hydrogens (tertiary/aromatic N) is 3. The van der Waals surface area contributed by atoms with Crippen molar-refractivity contribution in [3.63, 3.8) is 0 Å². The molecular formula is C10H19N3O. The van der Waals surface area contributed by atoms with Gasteiger partial charge in [0.2, 0.25) is 5.95 Å². The van der Waals surface area contributed by atoms with Crippen molar-refractivity contribution in [1.29, 1.82) is 0 Å². The van der Waals surface area contributed by atoms with Crippen molar-refractivity contribution in [3.8, 4) is 0 Å². The molecule has 0 aliphatic rings. The number of aryl methyl sites for hydroxylation is 1. The summed E-state index contributed by atoms with van der Waals surface area (Å²) in [4.78, 5) is 6.39. The molecule has 4 heteroatoms. The zero-order valence-corrected chi connectivity index (χ0v) is 8.98. The fourth-order valence-electron chi connectivity index (χ4n) is 1.46. The first kappa shape index (κ1) is 11.0. The second-order valence-corrected chi connectivity index (χ2v) is 3.54. The Kier molecular flexibility index (Phi) is 4.46. The van der Waals surface area contributed by atoms with Gasteiger partial charge in [-0.15, -0.1) is 0 Å². The lowest BCUT2D eigenvalue weighted by atomic mass is 10.2. The van der Waals surface area contributed by atoms with Gasteiger partial charge in [-0.1, -0.05) is 0 Å². The maximum Gasteiger partial charge on any atom is 0.204 e. The van der Waals surface area contributed by atoms with Gasteiger partial charge < -0.3 is 14.6 Å². The van der Waals surface area contributed by atoms with E-state index in [1.165, 1.54) is 0 Å². The maximum absolute atomic E-state index is 8.63. The molecule has 1 heterocycles. The summed E-state index contributed by atoms with van der Waals surface area (Å²) in [6.07, 6.45) is 6.82. The summed E-state index contributed by atoms with van der Waals surface area (Å²) in [6, 6.07) is 0. The highest BCUT2D eigenvalue weighted by molar-refractivity contribution is 5.28. The number of aliphatic hydroxyl groups is 1. The Morgan fingerprint density at radius 2 is 2.21 bits per heavy atom. The van der Waals surface area contributed by atoms with Gasteiger partial charge in [0.25, 0.3) is 0 Å². The van der Waals surface area contributed by atoms with Crippen LogP contribution in [-0.2, 0) is 7.05 Å². The van der Waals surface area contributed by atoms with Crippen molar-refractivity contribution < 1.29 is 5.11 Å². The average Bonchev–Trinajstić information content (AvgIpc) is 2.59. The summed E-state index contributed by atoms with van der Waals surface area (Å²) in [5.74, 6) is 0.994. The van der Waals surface area contributed by atoms with Crippen LogP contribution in [0.15, 0.2) is 12.4 Å². The van der Waals surface area contributed by atoms with Crippen LogP contribution in [0.4, 0.5) is 5.95 Å². The predicted molar refractivity (Wildman–Crippen MR) is 57.4 cm³/mol. The normalized spacial score (nSPS) is 10.5. The zero-order chi connectivity index (χ0) is 10.4. The van der Waals surface area contributed by atoms with Gasteiger partial charge in [0, 0.05) is 39.6 Å². The van der Waals surface area contributed by atoms with Gasteiger partial charge in [-0.2, -0.15) is 0 Å². The fraction of sp³-hybridized carbons (Fsp3) is 0.700. The Morgan fingerprint density at radius 1 is 1.43 bits per heavy atom. The highest BCUT2D eigenvalue weighted by Crippen LogP contribution is 2.08. The van der Waals surface area contributed by atoms with Crippen molar-refractivity contribution in [2.24, 2.45) is 7.05 Å². The van der Waals surface area contributed by atoms with E-state index in [0.717, 1.165) is 31.8 Å². The number of aliphatic hydroxyl groups excluding tert-OH is 1. The molecule has 0 amide bonds. The molecule has 0 saturated carbocycles. The van der Waals surface area contributed by atoms with Crippen LogP contribution >= 0.6 is 0 Å². The van der Waals surface area contributed by atoms with E-state index in [4.69, 9.17) is 5.11 Å². The molecule has 0 radical (unpaired) electrons. The van der Waals surface area contributed by atoms with Crippen LogP contribution in [0, 0.1) is 0 Å². The first-order valence-electron chi connectivity index (χ1n) is 5.05. The Hall–Kier alpha value is -1.03. The predicted octanol–water partition coefficient (Wildman–Crippen LogP) is 1.02.